The summed E-state index contributed by atoms with van der Waals surface area (Å²) in [6, 6.07) is 14.5. The van der Waals surface area contributed by atoms with Crippen molar-refractivity contribution in [2.45, 2.75) is 39.3 Å². The minimum absolute atomic E-state index is 0.00162. The molecule has 10 heteroatoms. The highest BCUT2D eigenvalue weighted by atomic mass is 19.4. The largest absolute Gasteiger partial charge is 0.490 e. The Morgan fingerprint density at radius 3 is 2.42 bits per heavy atom. The van der Waals surface area contributed by atoms with Gasteiger partial charge in [-0.1, -0.05) is 38.1 Å². The number of fused-ring (bicyclic) bond motifs is 1. The van der Waals surface area contributed by atoms with Crippen LogP contribution < -0.4 is 10.2 Å². The molecule has 1 aliphatic heterocycles. The van der Waals surface area contributed by atoms with Crippen LogP contribution in [0.5, 0.6) is 0 Å². The third-order valence-electron chi connectivity index (χ3n) is 5.84. The number of carbonyl (C=O) groups excluding carboxylic acids is 1. The maximum Gasteiger partial charge on any atom is 0.490 e. The summed E-state index contributed by atoms with van der Waals surface area (Å²) in [5.41, 5.74) is 7.09. The number of nitrogens with zero attached hydrogens (tertiary/aromatic N) is 2. The molecule has 202 valence electrons. The van der Waals surface area contributed by atoms with Crippen LogP contribution in [0.15, 0.2) is 48.7 Å². The molecular weight excluding hydrogens is 497 g/mol. The van der Waals surface area contributed by atoms with Crippen molar-refractivity contribution in [3.63, 3.8) is 0 Å². The number of hydrogen-bond donors (Lipinski definition) is 3. The monoisotopic (exact) mass is 528 g/mol. The van der Waals surface area contributed by atoms with Gasteiger partial charge in [0.15, 0.2) is 0 Å². The molecule has 2 aromatic heterocycles. The second-order valence-electron chi connectivity index (χ2n) is 8.73. The summed E-state index contributed by atoms with van der Waals surface area (Å²) < 4.78 is 31.7. The van der Waals surface area contributed by atoms with Gasteiger partial charge in [0, 0.05) is 54.9 Å². The molecule has 0 saturated carbocycles. The molecule has 1 aliphatic rings. The Morgan fingerprint density at radius 2 is 1.79 bits per heavy atom. The number of H-pyrrole nitrogens is 1. The molecule has 0 radical (unpaired) electrons. The zero-order chi connectivity index (χ0) is 27.7. The van der Waals surface area contributed by atoms with Crippen LogP contribution in [-0.2, 0) is 11.2 Å². The van der Waals surface area contributed by atoms with Gasteiger partial charge in [-0.25, -0.2) is 4.79 Å². The van der Waals surface area contributed by atoms with Crippen molar-refractivity contribution in [3.05, 3.63) is 71.2 Å². The summed E-state index contributed by atoms with van der Waals surface area (Å²) in [5.74, 6) is -2.76. The van der Waals surface area contributed by atoms with Gasteiger partial charge in [-0.15, -0.1) is 0 Å². The van der Waals surface area contributed by atoms with Crippen LogP contribution in [-0.4, -0.2) is 52.8 Å². The Labute approximate surface area is 219 Å². The Morgan fingerprint density at radius 1 is 1.11 bits per heavy atom. The van der Waals surface area contributed by atoms with Crippen LogP contribution in [0, 0.1) is 0 Å². The van der Waals surface area contributed by atoms with Gasteiger partial charge < -0.3 is 20.3 Å². The van der Waals surface area contributed by atoms with E-state index in [1.165, 1.54) is 11.3 Å². The Balaban J connectivity index is 0.000000505. The lowest BCUT2D eigenvalue weighted by atomic mass is 10.1. The van der Waals surface area contributed by atoms with Crippen LogP contribution in [0.25, 0.3) is 23.4 Å². The van der Waals surface area contributed by atoms with Crippen LogP contribution in [0.4, 0.5) is 18.9 Å². The molecule has 3 heterocycles. The SMILES string of the molecule is CCCN(CCC)c1ccccc1C=Cc1cc(-c2cc3c([nH]2)CCNC3=O)ccn1.O=C(O)C(F)(F)F. The predicted molar refractivity (Wildman–Crippen MR) is 142 cm³/mol. The number of hydrogen-bond acceptors (Lipinski definition) is 4. The number of carbonyl (C=O) groups is 2. The average Bonchev–Trinajstić information content (AvgIpc) is 3.34. The van der Waals surface area contributed by atoms with Crippen molar-refractivity contribution in [3.8, 4) is 11.3 Å². The predicted octanol–water partition coefficient (Wildman–Crippen LogP) is 5.79. The van der Waals surface area contributed by atoms with Crippen molar-refractivity contribution in [1.29, 1.82) is 0 Å². The number of pyridine rings is 1. The summed E-state index contributed by atoms with van der Waals surface area (Å²) in [7, 11) is 0. The molecule has 1 aromatic carbocycles. The molecule has 0 aliphatic carbocycles. The van der Waals surface area contributed by atoms with Gasteiger partial charge in [0.05, 0.1) is 11.3 Å². The lowest BCUT2D eigenvalue weighted by Crippen LogP contribution is -2.31. The second-order valence-corrected chi connectivity index (χ2v) is 8.73. The number of nitrogens with one attached hydrogen (secondary N) is 2. The van der Waals surface area contributed by atoms with E-state index in [1.54, 1.807) is 0 Å². The number of benzene rings is 1. The standard InChI is InChI=1S/C26H30N4O.C2HF3O2/c1-3-15-30(16-4-2)25-8-6-5-7-19(25)9-10-21-17-20(11-13-27-21)24-18-22-23(29-24)12-14-28-26(22)31;3-2(4,5)1(6)7/h5-11,13,17-18,29H,3-4,12,14-16H2,1-2H3,(H,28,31);(H,6,7). The molecule has 0 spiro atoms. The van der Waals surface area contributed by atoms with E-state index < -0.39 is 12.1 Å². The minimum atomic E-state index is -5.08. The number of rotatable bonds is 8. The van der Waals surface area contributed by atoms with Gasteiger partial charge in [-0.2, -0.15) is 13.2 Å². The topological polar surface area (TPSA) is 98.3 Å². The number of anilines is 1. The van der Waals surface area contributed by atoms with Crippen molar-refractivity contribution in [2.24, 2.45) is 0 Å². The smallest absolute Gasteiger partial charge is 0.475 e. The van der Waals surface area contributed by atoms with Gasteiger partial charge in [-0.3, -0.25) is 9.78 Å². The van der Waals surface area contributed by atoms with Crippen molar-refractivity contribution < 1.29 is 27.9 Å². The van der Waals surface area contributed by atoms with Gasteiger partial charge in [-0.05, 0) is 48.7 Å². The van der Waals surface area contributed by atoms with E-state index in [2.05, 4.69) is 76.5 Å². The number of para-hydroxylation sites is 1. The van der Waals surface area contributed by atoms with E-state index in [0.29, 0.717) is 6.54 Å². The van der Waals surface area contributed by atoms with Gasteiger partial charge in [0.25, 0.3) is 5.91 Å². The Bertz CT molecular complexity index is 1280. The number of carboxylic acid groups (broad SMARTS) is 1. The lowest BCUT2D eigenvalue weighted by Gasteiger charge is -2.25. The number of amides is 1. The van der Waals surface area contributed by atoms with E-state index in [1.807, 2.05) is 18.3 Å². The lowest BCUT2D eigenvalue weighted by molar-refractivity contribution is -0.192. The van der Waals surface area contributed by atoms with E-state index in [0.717, 1.165) is 60.6 Å². The first-order chi connectivity index (χ1) is 18.1. The fraction of sp³-hybridized carbons (Fsp3) is 0.321. The number of aromatic amines is 1. The van der Waals surface area contributed by atoms with E-state index in [9.17, 15) is 18.0 Å². The van der Waals surface area contributed by atoms with E-state index in [-0.39, 0.29) is 5.91 Å². The molecule has 7 nitrogen and oxygen atoms in total. The molecule has 0 fully saturated rings. The first-order valence-electron chi connectivity index (χ1n) is 12.4. The molecule has 0 bridgehead atoms. The number of alkyl halides is 3. The molecule has 1 amide bonds. The fourth-order valence-corrected chi connectivity index (χ4v) is 4.14. The molecule has 0 atom stereocenters. The molecule has 0 unspecified atom stereocenters. The molecule has 3 aromatic rings. The summed E-state index contributed by atoms with van der Waals surface area (Å²) >= 11 is 0. The zero-order valence-electron chi connectivity index (χ0n) is 21.3. The Kier molecular flexibility index (Phi) is 9.70. The normalized spacial score (nSPS) is 12.9. The summed E-state index contributed by atoms with van der Waals surface area (Å²) in [6.07, 6.45) is 4.03. The van der Waals surface area contributed by atoms with Crippen LogP contribution >= 0.6 is 0 Å². The van der Waals surface area contributed by atoms with Gasteiger partial charge >= 0.3 is 12.1 Å². The minimum Gasteiger partial charge on any atom is -0.475 e. The fourth-order valence-electron chi connectivity index (χ4n) is 4.14. The highest BCUT2D eigenvalue weighted by Gasteiger charge is 2.38. The van der Waals surface area contributed by atoms with Crippen LogP contribution in [0.2, 0.25) is 0 Å². The molecular formula is C28H31F3N4O3. The Hall–Kier alpha value is -4.08. The number of aromatic nitrogens is 2. The quantitative estimate of drug-likeness (QED) is 0.344. The van der Waals surface area contributed by atoms with Crippen LogP contribution in [0.1, 0.15) is 54.0 Å². The summed E-state index contributed by atoms with van der Waals surface area (Å²) in [5, 5.41) is 10.0. The third-order valence-corrected chi connectivity index (χ3v) is 5.84. The maximum atomic E-state index is 12.1. The molecule has 4 rings (SSSR count). The van der Waals surface area contributed by atoms with Gasteiger partial charge in [0.1, 0.15) is 0 Å². The summed E-state index contributed by atoms with van der Waals surface area (Å²) in [6.45, 7) is 7.23. The second kappa shape index (κ2) is 12.9. The van der Waals surface area contributed by atoms with Crippen molar-refractivity contribution >= 4 is 29.7 Å². The zero-order valence-corrected chi connectivity index (χ0v) is 21.3. The molecule has 3 N–H and O–H groups in total. The number of halogens is 3. The maximum absolute atomic E-state index is 12.1. The van der Waals surface area contributed by atoms with Gasteiger partial charge in [0.2, 0.25) is 0 Å². The van der Waals surface area contributed by atoms with Crippen molar-refractivity contribution in [1.82, 2.24) is 15.3 Å². The summed E-state index contributed by atoms with van der Waals surface area (Å²) in [4.78, 5) is 31.4. The molecule has 0 saturated heterocycles. The number of aliphatic carboxylic acids is 1. The van der Waals surface area contributed by atoms with E-state index in [4.69, 9.17) is 9.90 Å². The first-order valence-corrected chi connectivity index (χ1v) is 12.4. The highest BCUT2D eigenvalue weighted by Crippen LogP contribution is 2.26. The van der Waals surface area contributed by atoms with Crippen molar-refractivity contribution in [2.75, 3.05) is 24.5 Å². The number of carboxylic acids is 1. The van der Waals surface area contributed by atoms with Crippen LogP contribution in [0.3, 0.4) is 0 Å². The average molecular weight is 529 g/mol. The first kappa shape index (κ1) is 28.5. The molecule has 38 heavy (non-hydrogen) atoms. The third kappa shape index (κ3) is 7.47. The highest BCUT2D eigenvalue weighted by molar-refractivity contribution is 5.97. The van der Waals surface area contributed by atoms with E-state index >= 15 is 0 Å².